The summed E-state index contributed by atoms with van der Waals surface area (Å²) in [5.41, 5.74) is -0.932. The van der Waals surface area contributed by atoms with Crippen LogP contribution in [0.4, 0.5) is 17.6 Å². The summed E-state index contributed by atoms with van der Waals surface area (Å²) in [7, 11) is 0. The third-order valence-electron chi connectivity index (χ3n) is 1.83. The third-order valence-corrected chi connectivity index (χ3v) is 1.83. The van der Waals surface area contributed by atoms with Gasteiger partial charge in [-0.05, 0) is 11.5 Å². The minimum Gasteiger partial charge on any atom is -0.228 e. The molecular weight excluding hydrogens is 198 g/mol. The summed E-state index contributed by atoms with van der Waals surface area (Å²) in [6.07, 6.45) is -3.59. The Kier molecular flexibility index (Phi) is 2.78. The molecule has 1 aromatic heterocycles. The molecule has 0 aliphatic carbocycles. The highest BCUT2D eigenvalue weighted by atomic mass is 19.4. The highest BCUT2D eigenvalue weighted by Gasteiger charge is 2.34. The van der Waals surface area contributed by atoms with Crippen LogP contribution in [0.2, 0.25) is 0 Å². The molecule has 0 spiro atoms. The zero-order valence-electron chi connectivity index (χ0n) is 7.69. The maximum Gasteiger partial charge on any atom is 0.416 e. The molecule has 0 amide bonds. The van der Waals surface area contributed by atoms with E-state index in [-0.39, 0.29) is 11.5 Å². The maximum absolute atomic E-state index is 12.5. The Hall–Kier alpha value is -1.13. The number of aromatic nitrogens is 1. The molecule has 0 saturated heterocycles. The van der Waals surface area contributed by atoms with Crippen LogP contribution in [0.25, 0.3) is 0 Å². The van der Waals surface area contributed by atoms with Gasteiger partial charge in [0.05, 0.1) is 5.56 Å². The molecule has 14 heavy (non-hydrogen) atoms. The molecule has 0 N–H and O–H groups in total. The average molecular weight is 207 g/mol. The van der Waals surface area contributed by atoms with E-state index < -0.39 is 17.7 Å². The SMILES string of the molecule is CC(C)c1cnc(F)cc1C(F)(F)F. The Bertz CT molecular complexity index is 330. The second-order valence-electron chi connectivity index (χ2n) is 3.25. The third kappa shape index (κ3) is 2.21. The second kappa shape index (κ2) is 3.55. The van der Waals surface area contributed by atoms with Crippen molar-refractivity contribution in [2.75, 3.05) is 0 Å². The number of halogens is 4. The smallest absolute Gasteiger partial charge is 0.228 e. The molecule has 1 aromatic rings. The van der Waals surface area contributed by atoms with Crippen LogP contribution in [0.3, 0.4) is 0 Å². The Morgan fingerprint density at radius 3 is 2.29 bits per heavy atom. The van der Waals surface area contributed by atoms with Crippen LogP contribution in [-0.2, 0) is 6.18 Å². The molecule has 5 heteroatoms. The molecule has 0 radical (unpaired) electrons. The van der Waals surface area contributed by atoms with E-state index >= 15 is 0 Å². The van der Waals surface area contributed by atoms with E-state index in [9.17, 15) is 17.6 Å². The molecule has 0 bridgehead atoms. The van der Waals surface area contributed by atoms with Gasteiger partial charge >= 0.3 is 6.18 Å². The van der Waals surface area contributed by atoms with Gasteiger partial charge in [0.25, 0.3) is 0 Å². The quantitative estimate of drug-likeness (QED) is 0.508. The summed E-state index contributed by atoms with van der Waals surface area (Å²) in [4.78, 5) is 3.21. The van der Waals surface area contributed by atoms with Crippen molar-refractivity contribution in [3.05, 3.63) is 29.3 Å². The summed E-state index contributed by atoms with van der Waals surface area (Å²) < 4.78 is 49.7. The van der Waals surface area contributed by atoms with E-state index in [1.165, 1.54) is 0 Å². The topological polar surface area (TPSA) is 12.9 Å². The van der Waals surface area contributed by atoms with Gasteiger partial charge in [-0.25, -0.2) is 4.98 Å². The van der Waals surface area contributed by atoms with Crippen molar-refractivity contribution < 1.29 is 17.6 Å². The van der Waals surface area contributed by atoms with Gasteiger partial charge in [-0.1, -0.05) is 13.8 Å². The van der Waals surface area contributed by atoms with Crippen molar-refractivity contribution >= 4 is 0 Å². The van der Waals surface area contributed by atoms with E-state index in [1.54, 1.807) is 13.8 Å². The summed E-state index contributed by atoms with van der Waals surface area (Å²) in [6, 6.07) is 0.426. The predicted molar refractivity (Wildman–Crippen MR) is 43.3 cm³/mol. The minimum atomic E-state index is -4.52. The van der Waals surface area contributed by atoms with Crippen LogP contribution < -0.4 is 0 Å². The molecule has 1 heterocycles. The lowest BCUT2D eigenvalue weighted by molar-refractivity contribution is -0.138. The first kappa shape index (κ1) is 10.9. The van der Waals surface area contributed by atoms with Gasteiger partial charge < -0.3 is 0 Å². The fourth-order valence-corrected chi connectivity index (χ4v) is 1.15. The Morgan fingerprint density at radius 2 is 1.86 bits per heavy atom. The highest BCUT2D eigenvalue weighted by Crippen LogP contribution is 2.34. The average Bonchev–Trinajstić information content (AvgIpc) is 2.01. The van der Waals surface area contributed by atoms with Crippen LogP contribution in [0.1, 0.15) is 30.9 Å². The van der Waals surface area contributed by atoms with Crippen molar-refractivity contribution in [1.82, 2.24) is 4.98 Å². The summed E-state index contributed by atoms with van der Waals surface area (Å²) >= 11 is 0. The molecule has 0 aliphatic rings. The van der Waals surface area contributed by atoms with Crippen molar-refractivity contribution in [2.45, 2.75) is 25.9 Å². The molecule has 0 saturated carbocycles. The molecular formula is C9H9F4N. The minimum absolute atomic E-state index is 0.0129. The van der Waals surface area contributed by atoms with E-state index in [4.69, 9.17) is 0 Å². The number of hydrogen-bond donors (Lipinski definition) is 0. The molecule has 0 atom stereocenters. The predicted octanol–water partition coefficient (Wildman–Crippen LogP) is 3.36. The van der Waals surface area contributed by atoms with Gasteiger partial charge in [0, 0.05) is 12.3 Å². The van der Waals surface area contributed by atoms with Crippen molar-refractivity contribution in [3.63, 3.8) is 0 Å². The van der Waals surface area contributed by atoms with Crippen LogP contribution in [0.5, 0.6) is 0 Å². The monoisotopic (exact) mass is 207 g/mol. The first-order valence-corrected chi connectivity index (χ1v) is 4.05. The van der Waals surface area contributed by atoms with E-state index in [2.05, 4.69) is 4.98 Å². The fraction of sp³-hybridized carbons (Fsp3) is 0.444. The first-order valence-electron chi connectivity index (χ1n) is 4.05. The van der Waals surface area contributed by atoms with Gasteiger partial charge in [-0.2, -0.15) is 17.6 Å². The standard InChI is InChI=1S/C9H9F4N/c1-5(2)6-4-14-8(10)3-7(6)9(11,12)13/h3-5H,1-2H3. The molecule has 0 unspecified atom stereocenters. The lowest BCUT2D eigenvalue weighted by Gasteiger charge is -2.14. The Labute approximate surface area is 78.8 Å². The van der Waals surface area contributed by atoms with Gasteiger partial charge in [0.15, 0.2) is 0 Å². The van der Waals surface area contributed by atoms with E-state index in [1.807, 2.05) is 0 Å². The fourth-order valence-electron chi connectivity index (χ4n) is 1.15. The number of nitrogens with zero attached hydrogens (tertiary/aromatic N) is 1. The summed E-state index contributed by atoms with van der Waals surface area (Å²) in [5.74, 6) is -1.44. The number of hydrogen-bond acceptors (Lipinski definition) is 1. The Morgan fingerprint density at radius 1 is 1.29 bits per heavy atom. The van der Waals surface area contributed by atoms with Crippen molar-refractivity contribution in [3.8, 4) is 0 Å². The molecule has 1 rings (SSSR count). The number of pyridine rings is 1. The van der Waals surface area contributed by atoms with Crippen LogP contribution in [-0.4, -0.2) is 4.98 Å². The largest absolute Gasteiger partial charge is 0.416 e. The maximum atomic E-state index is 12.5. The van der Waals surface area contributed by atoms with Gasteiger partial charge in [0.1, 0.15) is 0 Å². The van der Waals surface area contributed by atoms with E-state index in [0.29, 0.717) is 6.07 Å². The molecule has 0 fully saturated rings. The molecule has 0 aromatic carbocycles. The molecule has 1 nitrogen and oxygen atoms in total. The molecule has 0 aliphatic heterocycles. The summed E-state index contributed by atoms with van der Waals surface area (Å²) in [5, 5.41) is 0. The lowest BCUT2D eigenvalue weighted by atomic mass is 9.99. The van der Waals surface area contributed by atoms with Crippen molar-refractivity contribution in [2.24, 2.45) is 0 Å². The first-order chi connectivity index (χ1) is 6.32. The number of alkyl halides is 3. The second-order valence-corrected chi connectivity index (χ2v) is 3.25. The number of rotatable bonds is 1. The molecule has 78 valence electrons. The Balaban J connectivity index is 3.30. The van der Waals surface area contributed by atoms with E-state index in [0.717, 1.165) is 6.20 Å². The van der Waals surface area contributed by atoms with Gasteiger partial charge in [-0.15, -0.1) is 0 Å². The zero-order valence-corrected chi connectivity index (χ0v) is 7.69. The highest BCUT2D eigenvalue weighted by molar-refractivity contribution is 5.29. The normalized spacial score (nSPS) is 12.2. The summed E-state index contributed by atoms with van der Waals surface area (Å²) in [6.45, 7) is 3.20. The van der Waals surface area contributed by atoms with Crippen LogP contribution in [0.15, 0.2) is 12.3 Å². The van der Waals surface area contributed by atoms with Gasteiger partial charge in [0.2, 0.25) is 5.95 Å². The van der Waals surface area contributed by atoms with Crippen LogP contribution >= 0.6 is 0 Å². The lowest BCUT2D eigenvalue weighted by Crippen LogP contribution is -2.11. The van der Waals surface area contributed by atoms with Gasteiger partial charge in [-0.3, -0.25) is 0 Å². The van der Waals surface area contributed by atoms with Crippen molar-refractivity contribution in [1.29, 1.82) is 0 Å². The zero-order chi connectivity index (χ0) is 10.9. The van der Waals surface area contributed by atoms with Crippen LogP contribution in [0, 0.1) is 5.95 Å².